The van der Waals surface area contributed by atoms with Crippen molar-refractivity contribution in [2.75, 3.05) is 0 Å². The molecular formula is C15H14BrF2NO. The van der Waals surface area contributed by atoms with Crippen LogP contribution in [0.3, 0.4) is 0 Å². The Kier molecular flexibility index (Phi) is 4.73. The Balaban J connectivity index is 2.07. The molecule has 0 saturated heterocycles. The zero-order chi connectivity index (χ0) is 14.7. The first-order valence-corrected chi connectivity index (χ1v) is 6.88. The van der Waals surface area contributed by atoms with E-state index >= 15 is 0 Å². The van der Waals surface area contributed by atoms with E-state index in [4.69, 9.17) is 10.5 Å². The lowest BCUT2D eigenvalue weighted by atomic mass is 10.1. The molecule has 0 radical (unpaired) electrons. The Labute approximate surface area is 124 Å². The molecule has 0 aliphatic rings. The Bertz CT molecular complexity index is 617. The molecule has 0 aliphatic heterocycles. The lowest BCUT2D eigenvalue weighted by molar-refractivity contribution is 0.304. The Morgan fingerprint density at radius 2 is 1.90 bits per heavy atom. The normalized spacial score (nSPS) is 12.2. The van der Waals surface area contributed by atoms with Crippen molar-refractivity contribution in [2.24, 2.45) is 5.73 Å². The zero-order valence-corrected chi connectivity index (χ0v) is 12.5. The van der Waals surface area contributed by atoms with Crippen LogP contribution < -0.4 is 10.5 Å². The smallest absolute Gasteiger partial charge is 0.137 e. The van der Waals surface area contributed by atoms with Crippen LogP contribution >= 0.6 is 15.9 Å². The third-order valence-electron chi connectivity index (χ3n) is 2.85. The fourth-order valence-electron chi connectivity index (χ4n) is 1.76. The molecule has 0 fully saturated rings. The van der Waals surface area contributed by atoms with E-state index in [1.165, 1.54) is 12.1 Å². The predicted molar refractivity (Wildman–Crippen MR) is 77.4 cm³/mol. The first kappa shape index (κ1) is 14.9. The molecule has 0 bridgehead atoms. The maximum absolute atomic E-state index is 13.7. The lowest BCUT2D eigenvalue weighted by Crippen LogP contribution is -2.07. The molecule has 2 N–H and O–H groups in total. The molecule has 0 amide bonds. The highest BCUT2D eigenvalue weighted by Crippen LogP contribution is 2.22. The topological polar surface area (TPSA) is 35.2 Å². The van der Waals surface area contributed by atoms with Gasteiger partial charge in [0, 0.05) is 17.7 Å². The summed E-state index contributed by atoms with van der Waals surface area (Å²) in [6, 6.07) is 8.81. The first-order chi connectivity index (χ1) is 9.47. The molecule has 2 aromatic carbocycles. The van der Waals surface area contributed by atoms with Gasteiger partial charge in [-0.2, -0.15) is 0 Å². The highest BCUT2D eigenvalue weighted by atomic mass is 79.9. The molecular weight excluding hydrogens is 328 g/mol. The highest BCUT2D eigenvalue weighted by Gasteiger charge is 2.08. The van der Waals surface area contributed by atoms with Crippen molar-refractivity contribution in [3.8, 4) is 5.75 Å². The van der Waals surface area contributed by atoms with E-state index in [2.05, 4.69) is 15.9 Å². The molecule has 2 rings (SSSR count). The van der Waals surface area contributed by atoms with Gasteiger partial charge in [-0.1, -0.05) is 12.1 Å². The van der Waals surface area contributed by atoms with Crippen LogP contribution in [0.2, 0.25) is 0 Å². The van der Waals surface area contributed by atoms with E-state index in [1.807, 2.05) is 0 Å². The summed E-state index contributed by atoms with van der Waals surface area (Å²) < 4.78 is 32.7. The molecule has 2 nitrogen and oxygen atoms in total. The zero-order valence-electron chi connectivity index (χ0n) is 10.9. The van der Waals surface area contributed by atoms with Crippen LogP contribution in [0.1, 0.15) is 24.1 Å². The second-order valence-corrected chi connectivity index (χ2v) is 5.36. The van der Waals surface area contributed by atoms with E-state index in [9.17, 15) is 8.78 Å². The molecule has 1 atom stereocenters. The Hall–Kier alpha value is -1.46. The van der Waals surface area contributed by atoms with Gasteiger partial charge in [0.05, 0.1) is 4.47 Å². The van der Waals surface area contributed by atoms with E-state index in [0.717, 1.165) is 5.56 Å². The predicted octanol–water partition coefficient (Wildman–Crippen LogP) is 4.33. The monoisotopic (exact) mass is 341 g/mol. The summed E-state index contributed by atoms with van der Waals surface area (Å²) in [4.78, 5) is 0. The summed E-state index contributed by atoms with van der Waals surface area (Å²) in [7, 11) is 0. The number of nitrogens with two attached hydrogens (primary N) is 1. The standard InChI is InChI=1S/C15H14BrF2NO/c1-9(19)12-4-3-11(7-15(12)18)20-8-10-2-5-14(17)13(16)6-10/h2-7,9H,8,19H2,1H3/t9-/m0/s1. The van der Waals surface area contributed by atoms with E-state index in [-0.39, 0.29) is 18.5 Å². The van der Waals surface area contributed by atoms with Crippen LogP contribution in [0, 0.1) is 11.6 Å². The average molecular weight is 342 g/mol. The molecule has 20 heavy (non-hydrogen) atoms. The maximum atomic E-state index is 13.7. The minimum atomic E-state index is -0.391. The number of rotatable bonds is 4. The lowest BCUT2D eigenvalue weighted by Gasteiger charge is -2.10. The molecule has 0 aromatic heterocycles. The van der Waals surface area contributed by atoms with Crippen molar-refractivity contribution in [2.45, 2.75) is 19.6 Å². The van der Waals surface area contributed by atoms with Crippen molar-refractivity contribution in [1.29, 1.82) is 0 Å². The van der Waals surface area contributed by atoms with Gasteiger partial charge in [-0.05, 0) is 46.6 Å². The summed E-state index contributed by atoms with van der Waals surface area (Å²) >= 11 is 3.10. The fraction of sp³-hybridized carbons (Fsp3) is 0.200. The molecule has 0 unspecified atom stereocenters. The van der Waals surface area contributed by atoms with Crippen molar-refractivity contribution in [1.82, 2.24) is 0 Å². The van der Waals surface area contributed by atoms with Gasteiger partial charge < -0.3 is 10.5 Å². The van der Waals surface area contributed by atoms with Gasteiger partial charge >= 0.3 is 0 Å². The maximum Gasteiger partial charge on any atom is 0.137 e. The average Bonchev–Trinajstić information content (AvgIpc) is 2.40. The van der Waals surface area contributed by atoms with Gasteiger partial charge in [-0.15, -0.1) is 0 Å². The second kappa shape index (κ2) is 6.33. The number of ether oxygens (including phenoxy) is 1. The molecule has 106 valence electrons. The fourth-order valence-corrected chi connectivity index (χ4v) is 2.19. The van der Waals surface area contributed by atoms with Crippen molar-refractivity contribution in [3.63, 3.8) is 0 Å². The molecule has 0 heterocycles. The summed E-state index contributed by atoms with van der Waals surface area (Å²) in [5.74, 6) is -0.314. The van der Waals surface area contributed by atoms with Gasteiger partial charge in [-0.3, -0.25) is 0 Å². The van der Waals surface area contributed by atoms with Crippen LogP contribution in [-0.4, -0.2) is 0 Å². The number of halogens is 3. The van der Waals surface area contributed by atoms with Crippen LogP contribution in [-0.2, 0) is 6.61 Å². The van der Waals surface area contributed by atoms with Crippen LogP contribution in [0.5, 0.6) is 5.75 Å². The van der Waals surface area contributed by atoms with Gasteiger partial charge in [0.15, 0.2) is 0 Å². The number of hydrogen-bond donors (Lipinski definition) is 1. The minimum absolute atomic E-state index is 0.232. The molecule has 0 saturated carbocycles. The van der Waals surface area contributed by atoms with Crippen LogP contribution in [0.4, 0.5) is 8.78 Å². The Morgan fingerprint density at radius 1 is 1.15 bits per heavy atom. The largest absolute Gasteiger partial charge is 0.489 e. The molecule has 5 heteroatoms. The quantitative estimate of drug-likeness (QED) is 0.898. The van der Waals surface area contributed by atoms with E-state index < -0.39 is 5.82 Å². The number of benzene rings is 2. The third-order valence-corrected chi connectivity index (χ3v) is 3.46. The molecule has 0 aliphatic carbocycles. The van der Waals surface area contributed by atoms with Gasteiger partial charge in [0.1, 0.15) is 24.0 Å². The van der Waals surface area contributed by atoms with Gasteiger partial charge in [-0.25, -0.2) is 8.78 Å². The summed E-state index contributed by atoms with van der Waals surface area (Å²) in [6.45, 7) is 1.95. The Morgan fingerprint density at radius 3 is 2.50 bits per heavy atom. The first-order valence-electron chi connectivity index (χ1n) is 6.09. The highest BCUT2D eigenvalue weighted by molar-refractivity contribution is 9.10. The minimum Gasteiger partial charge on any atom is -0.489 e. The number of hydrogen-bond acceptors (Lipinski definition) is 2. The summed E-state index contributed by atoms with van der Waals surface area (Å²) in [6.07, 6.45) is 0. The van der Waals surface area contributed by atoms with Crippen molar-refractivity contribution >= 4 is 15.9 Å². The third kappa shape index (κ3) is 3.55. The second-order valence-electron chi connectivity index (χ2n) is 4.51. The van der Waals surface area contributed by atoms with E-state index in [1.54, 1.807) is 31.2 Å². The van der Waals surface area contributed by atoms with Crippen LogP contribution in [0.15, 0.2) is 40.9 Å². The van der Waals surface area contributed by atoms with Crippen molar-refractivity contribution in [3.05, 3.63) is 63.6 Å². The van der Waals surface area contributed by atoms with Gasteiger partial charge in [0.25, 0.3) is 0 Å². The van der Waals surface area contributed by atoms with E-state index in [0.29, 0.717) is 15.8 Å². The summed E-state index contributed by atoms with van der Waals surface area (Å²) in [5, 5.41) is 0. The van der Waals surface area contributed by atoms with Gasteiger partial charge in [0.2, 0.25) is 0 Å². The van der Waals surface area contributed by atoms with Crippen LogP contribution in [0.25, 0.3) is 0 Å². The molecule has 2 aromatic rings. The molecule has 0 spiro atoms. The SMILES string of the molecule is C[C@H](N)c1ccc(OCc2ccc(F)c(Br)c2)cc1F. The summed E-state index contributed by atoms with van der Waals surface area (Å²) in [5.41, 5.74) is 6.87. The van der Waals surface area contributed by atoms with Crippen molar-refractivity contribution < 1.29 is 13.5 Å².